The lowest BCUT2D eigenvalue weighted by molar-refractivity contribution is 0.0697. The minimum atomic E-state index is -0.866. The Labute approximate surface area is 153 Å². The first-order valence-electron chi connectivity index (χ1n) is 9.44. The van der Waals surface area contributed by atoms with Crippen molar-refractivity contribution in [3.63, 3.8) is 0 Å². The summed E-state index contributed by atoms with van der Waals surface area (Å²) in [6.07, 6.45) is 3.81. The maximum absolute atomic E-state index is 11.8. The summed E-state index contributed by atoms with van der Waals surface area (Å²) in [5.74, 6) is 2.33. The molecular weight excluding hydrogens is 326 g/mol. The number of nitrogens with one attached hydrogen (secondary N) is 1. The van der Waals surface area contributed by atoms with Crippen molar-refractivity contribution in [3.05, 3.63) is 59.2 Å². The van der Waals surface area contributed by atoms with E-state index in [0.29, 0.717) is 29.2 Å². The Morgan fingerprint density at radius 2 is 1.85 bits per heavy atom. The van der Waals surface area contributed by atoms with E-state index in [0.717, 1.165) is 17.0 Å². The molecule has 1 heterocycles. The molecule has 2 fully saturated rings. The van der Waals surface area contributed by atoms with Crippen LogP contribution >= 0.6 is 0 Å². The summed E-state index contributed by atoms with van der Waals surface area (Å²) in [5.41, 5.74) is 3.53. The molecule has 5 atom stereocenters. The monoisotopic (exact) mass is 349 g/mol. The van der Waals surface area contributed by atoms with Gasteiger partial charge in [-0.2, -0.15) is 0 Å². The molecule has 2 bridgehead atoms. The van der Waals surface area contributed by atoms with E-state index in [-0.39, 0.29) is 6.04 Å². The number of carboxylic acid groups (broad SMARTS) is 1. The predicted molar refractivity (Wildman–Crippen MR) is 99.8 cm³/mol. The van der Waals surface area contributed by atoms with E-state index in [1.54, 1.807) is 13.2 Å². The van der Waals surface area contributed by atoms with Crippen LogP contribution in [0.15, 0.2) is 42.5 Å². The number of ether oxygens (including phenoxy) is 1. The molecule has 0 aromatic heterocycles. The highest BCUT2D eigenvalue weighted by molar-refractivity contribution is 5.95. The maximum atomic E-state index is 11.8. The molecule has 1 aliphatic heterocycles. The van der Waals surface area contributed by atoms with Crippen molar-refractivity contribution in [1.82, 2.24) is 0 Å². The van der Waals surface area contributed by atoms with Crippen molar-refractivity contribution in [1.29, 1.82) is 0 Å². The standard InChI is InChI=1S/C22H23NO3/c1-26-17-8-3-2-5-14(17)21-19-13-10-9-12(11-13)18(19)15-6-4-7-16(22(24)25)20(15)23-21/h2-8,12-13,18-19,21,23H,9-11H2,1H3,(H,24,25)/t12-,13+,18+,19+,21-/m1/s1. The fourth-order valence-electron chi connectivity index (χ4n) is 5.92. The van der Waals surface area contributed by atoms with Crippen LogP contribution in [0.25, 0.3) is 0 Å². The van der Waals surface area contributed by atoms with Crippen molar-refractivity contribution < 1.29 is 14.6 Å². The molecule has 0 unspecified atom stereocenters. The molecule has 4 heteroatoms. The Hall–Kier alpha value is -2.49. The third-order valence-electron chi connectivity index (χ3n) is 6.83. The topological polar surface area (TPSA) is 58.6 Å². The summed E-state index contributed by atoms with van der Waals surface area (Å²) in [7, 11) is 1.70. The van der Waals surface area contributed by atoms with E-state index in [4.69, 9.17) is 4.74 Å². The minimum Gasteiger partial charge on any atom is -0.496 e. The summed E-state index contributed by atoms with van der Waals surface area (Å²) in [5, 5.41) is 13.3. The maximum Gasteiger partial charge on any atom is 0.337 e. The van der Waals surface area contributed by atoms with Crippen molar-refractivity contribution in [2.75, 3.05) is 12.4 Å². The van der Waals surface area contributed by atoms with Crippen molar-refractivity contribution in [2.45, 2.75) is 31.2 Å². The number of aromatic carboxylic acids is 1. The molecule has 0 spiro atoms. The second-order valence-electron chi connectivity index (χ2n) is 7.88. The number of hydrogen-bond donors (Lipinski definition) is 2. The third kappa shape index (κ3) is 2.11. The Morgan fingerprint density at radius 1 is 1.08 bits per heavy atom. The van der Waals surface area contributed by atoms with E-state index in [1.807, 2.05) is 24.3 Å². The first-order chi connectivity index (χ1) is 12.7. The highest BCUT2D eigenvalue weighted by Gasteiger charge is 2.54. The first kappa shape index (κ1) is 15.7. The van der Waals surface area contributed by atoms with Gasteiger partial charge in [-0.05, 0) is 60.6 Å². The summed E-state index contributed by atoms with van der Waals surface area (Å²) in [4.78, 5) is 11.8. The van der Waals surface area contributed by atoms with Crippen LogP contribution < -0.4 is 10.1 Å². The molecule has 5 rings (SSSR count). The summed E-state index contributed by atoms with van der Waals surface area (Å²) >= 11 is 0. The molecule has 0 amide bonds. The molecule has 2 aromatic rings. The fourth-order valence-corrected chi connectivity index (χ4v) is 5.92. The highest BCUT2D eigenvalue weighted by atomic mass is 16.5. The molecule has 3 aliphatic rings. The van der Waals surface area contributed by atoms with Crippen LogP contribution in [0.2, 0.25) is 0 Å². The Morgan fingerprint density at radius 3 is 2.65 bits per heavy atom. The molecular formula is C22H23NO3. The fraction of sp³-hybridized carbons (Fsp3) is 0.409. The number of para-hydroxylation sites is 2. The molecule has 2 aliphatic carbocycles. The van der Waals surface area contributed by atoms with Gasteiger partial charge in [-0.1, -0.05) is 30.3 Å². The second-order valence-corrected chi connectivity index (χ2v) is 7.88. The molecule has 0 saturated heterocycles. The van der Waals surface area contributed by atoms with Gasteiger partial charge < -0.3 is 15.2 Å². The summed E-state index contributed by atoms with van der Waals surface area (Å²) in [6.45, 7) is 0. The first-order valence-corrected chi connectivity index (χ1v) is 9.44. The van der Waals surface area contributed by atoms with Gasteiger partial charge in [0, 0.05) is 5.56 Å². The van der Waals surface area contributed by atoms with Crippen LogP contribution in [0.5, 0.6) is 5.75 Å². The summed E-state index contributed by atoms with van der Waals surface area (Å²) < 4.78 is 5.64. The van der Waals surface area contributed by atoms with Gasteiger partial charge in [-0.25, -0.2) is 4.79 Å². The van der Waals surface area contributed by atoms with E-state index >= 15 is 0 Å². The van der Waals surface area contributed by atoms with Gasteiger partial charge in [0.25, 0.3) is 0 Å². The average molecular weight is 349 g/mol. The number of hydrogen-bond acceptors (Lipinski definition) is 3. The van der Waals surface area contributed by atoms with Crippen LogP contribution in [0.1, 0.15) is 52.7 Å². The Kier molecular flexibility index (Phi) is 3.49. The van der Waals surface area contributed by atoms with Gasteiger partial charge in [0.2, 0.25) is 0 Å². The van der Waals surface area contributed by atoms with E-state index < -0.39 is 5.97 Å². The van der Waals surface area contributed by atoms with Crippen LogP contribution in [-0.4, -0.2) is 18.2 Å². The average Bonchev–Trinajstić information content (AvgIpc) is 3.29. The zero-order valence-electron chi connectivity index (χ0n) is 14.8. The van der Waals surface area contributed by atoms with Gasteiger partial charge >= 0.3 is 5.97 Å². The van der Waals surface area contributed by atoms with E-state index in [9.17, 15) is 9.90 Å². The van der Waals surface area contributed by atoms with Crippen LogP contribution in [0.4, 0.5) is 5.69 Å². The van der Waals surface area contributed by atoms with Crippen LogP contribution in [0.3, 0.4) is 0 Å². The van der Waals surface area contributed by atoms with Crippen molar-refractivity contribution in [3.8, 4) is 5.75 Å². The number of benzene rings is 2. The number of anilines is 1. The van der Waals surface area contributed by atoms with Crippen molar-refractivity contribution in [2.24, 2.45) is 17.8 Å². The second kappa shape index (κ2) is 5.76. The highest BCUT2D eigenvalue weighted by Crippen LogP contribution is 2.64. The molecule has 2 saturated carbocycles. The zero-order chi connectivity index (χ0) is 17.8. The van der Waals surface area contributed by atoms with Crippen LogP contribution in [-0.2, 0) is 0 Å². The van der Waals surface area contributed by atoms with Gasteiger partial charge in [0.15, 0.2) is 0 Å². The third-order valence-corrected chi connectivity index (χ3v) is 6.83. The lowest BCUT2D eigenvalue weighted by Crippen LogP contribution is -2.36. The normalized spacial score (nSPS) is 31.0. The number of methoxy groups -OCH3 is 1. The largest absolute Gasteiger partial charge is 0.496 e. The number of carbonyl (C=O) groups is 1. The van der Waals surface area contributed by atoms with Crippen molar-refractivity contribution >= 4 is 11.7 Å². The lowest BCUT2D eigenvalue weighted by Gasteiger charge is -2.44. The summed E-state index contributed by atoms with van der Waals surface area (Å²) in [6, 6.07) is 14.0. The Bertz CT molecular complexity index is 877. The molecule has 4 nitrogen and oxygen atoms in total. The smallest absolute Gasteiger partial charge is 0.337 e. The Balaban J connectivity index is 1.69. The molecule has 2 N–H and O–H groups in total. The quantitative estimate of drug-likeness (QED) is 0.844. The van der Waals surface area contributed by atoms with Gasteiger partial charge in [0.1, 0.15) is 5.75 Å². The van der Waals surface area contributed by atoms with Gasteiger partial charge in [-0.15, -0.1) is 0 Å². The molecule has 26 heavy (non-hydrogen) atoms. The van der Waals surface area contributed by atoms with E-state index in [2.05, 4.69) is 17.4 Å². The molecule has 0 radical (unpaired) electrons. The lowest BCUT2D eigenvalue weighted by atomic mass is 9.67. The number of carboxylic acids is 1. The number of fused-ring (bicyclic) bond motifs is 7. The molecule has 2 aromatic carbocycles. The minimum absolute atomic E-state index is 0.0967. The predicted octanol–water partition coefficient (Wildman–Crippen LogP) is 4.69. The van der Waals surface area contributed by atoms with Crippen LogP contribution in [0, 0.1) is 17.8 Å². The van der Waals surface area contributed by atoms with Gasteiger partial charge in [0.05, 0.1) is 24.4 Å². The van der Waals surface area contributed by atoms with E-state index in [1.165, 1.54) is 24.8 Å². The SMILES string of the molecule is COc1ccccc1[C@H]1Nc2c(C(=O)O)cccc2[C@@H]2[C@@H]3CC[C@@H](C3)[C@@H]21. The molecule has 134 valence electrons. The number of rotatable bonds is 3. The zero-order valence-corrected chi connectivity index (χ0v) is 14.8. The van der Waals surface area contributed by atoms with Gasteiger partial charge in [-0.3, -0.25) is 0 Å².